The van der Waals surface area contributed by atoms with Gasteiger partial charge < -0.3 is 10.2 Å². The zero-order chi connectivity index (χ0) is 18.0. The zero-order valence-corrected chi connectivity index (χ0v) is 17.1. The molecule has 1 atom stereocenters. The van der Waals surface area contributed by atoms with Crippen molar-refractivity contribution in [1.82, 2.24) is 0 Å². The van der Waals surface area contributed by atoms with Gasteiger partial charge in [0.1, 0.15) is 3.92 Å². The lowest BCUT2D eigenvalue weighted by molar-refractivity contribution is -0.137. The third-order valence-electron chi connectivity index (χ3n) is 4.37. The van der Waals surface area contributed by atoms with E-state index in [0.717, 1.165) is 32.1 Å². The van der Waals surface area contributed by atoms with Crippen LogP contribution in [-0.2, 0) is 9.59 Å². The first kappa shape index (κ1) is 23.7. The normalized spacial score (nSPS) is 12.2. The Hall–Kier alpha value is -0.330. The highest BCUT2D eigenvalue weighted by molar-refractivity contribution is 14.1. The number of rotatable bonds is 18. The molecule has 0 aliphatic rings. The molecule has 0 amide bonds. The smallest absolute Gasteiger partial charge is 0.316 e. The molecule has 0 bridgehead atoms. The molecule has 4 nitrogen and oxygen atoms in total. The van der Waals surface area contributed by atoms with Crippen LogP contribution < -0.4 is 0 Å². The average Bonchev–Trinajstić information content (AvgIpc) is 2.53. The fraction of sp³-hybridized carbons (Fsp3) is 0.895. The standard InChI is InChI=1S/C19H35IO4/c20-17(19(23)24)15-13-11-9-7-5-3-1-2-4-6-8-10-12-14-16-18(21)22/h17H,1-16H2,(H,21,22)(H,23,24). The molecule has 0 heterocycles. The van der Waals surface area contributed by atoms with E-state index < -0.39 is 11.9 Å². The van der Waals surface area contributed by atoms with E-state index in [9.17, 15) is 9.59 Å². The second-order valence-corrected chi connectivity index (χ2v) is 8.19. The Labute approximate surface area is 160 Å². The lowest BCUT2D eigenvalue weighted by Crippen LogP contribution is -2.11. The summed E-state index contributed by atoms with van der Waals surface area (Å²) in [6.07, 6.45) is 18.0. The SMILES string of the molecule is O=C(O)CCCCCCCCCCCCCCCCC(I)C(=O)O. The number of aliphatic carboxylic acids is 2. The molecule has 2 N–H and O–H groups in total. The highest BCUT2D eigenvalue weighted by Crippen LogP contribution is 2.15. The second kappa shape index (κ2) is 17.5. The minimum atomic E-state index is -0.684. The third-order valence-corrected chi connectivity index (χ3v) is 5.52. The van der Waals surface area contributed by atoms with E-state index in [1.54, 1.807) is 0 Å². The molecule has 0 spiro atoms. The maximum absolute atomic E-state index is 10.7. The van der Waals surface area contributed by atoms with Crippen LogP contribution in [0.1, 0.15) is 103 Å². The summed E-state index contributed by atoms with van der Waals surface area (Å²) in [6, 6.07) is 0. The number of carboxylic acid groups (broad SMARTS) is 2. The molecule has 5 heteroatoms. The van der Waals surface area contributed by atoms with Crippen LogP contribution in [0.5, 0.6) is 0 Å². The maximum Gasteiger partial charge on any atom is 0.316 e. The van der Waals surface area contributed by atoms with Gasteiger partial charge in [0.05, 0.1) is 0 Å². The van der Waals surface area contributed by atoms with E-state index in [0.29, 0.717) is 6.42 Å². The molecule has 24 heavy (non-hydrogen) atoms. The molecular formula is C19H35IO4. The quantitative estimate of drug-likeness (QED) is 0.147. The summed E-state index contributed by atoms with van der Waals surface area (Å²) in [5.74, 6) is -1.36. The lowest BCUT2D eigenvalue weighted by atomic mass is 10.0. The van der Waals surface area contributed by atoms with Gasteiger partial charge in [-0.25, -0.2) is 0 Å². The number of alkyl halides is 1. The minimum Gasteiger partial charge on any atom is -0.481 e. The van der Waals surface area contributed by atoms with Crippen molar-refractivity contribution in [2.24, 2.45) is 0 Å². The highest BCUT2D eigenvalue weighted by atomic mass is 127. The molecule has 1 unspecified atom stereocenters. The minimum absolute atomic E-state index is 0.222. The largest absolute Gasteiger partial charge is 0.481 e. The van der Waals surface area contributed by atoms with Crippen LogP contribution in [0.15, 0.2) is 0 Å². The molecule has 0 saturated heterocycles. The second-order valence-electron chi connectivity index (χ2n) is 6.69. The third kappa shape index (κ3) is 18.0. The molecule has 142 valence electrons. The van der Waals surface area contributed by atoms with Gasteiger partial charge in [0.15, 0.2) is 0 Å². The van der Waals surface area contributed by atoms with Crippen molar-refractivity contribution in [3.8, 4) is 0 Å². The van der Waals surface area contributed by atoms with Gasteiger partial charge in [-0.05, 0) is 12.8 Å². The zero-order valence-electron chi connectivity index (χ0n) is 15.0. The number of carbonyl (C=O) groups is 2. The van der Waals surface area contributed by atoms with Crippen LogP contribution in [0.3, 0.4) is 0 Å². The van der Waals surface area contributed by atoms with Gasteiger partial charge in [0.25, 0.3) is 0 Å². The van der Waals surface area contributed by atoms with Gasteiger partial charge in [-0.1, -0.05) is 106 Å². The topological polar surface area (TPSA) is 74.6 Å². The van der Waals surface area contributed by atoms with Crippen LogP contribution in [0.4, 0.5) is 0 Å². The molecule has 0 saturated carbocycles. The molecular weight excluding hydrogens is 419 g/mol. The van der Waals surface area contributed by atoms with Crippen molar-refractivity contribution < 1.29 is 19.8 Å². The Kier molecular flexibility index (Phi) is 17.3. The van der Waals surface area contributed by atoms with Crippen LogP contribution in [-0.4, -0.2) is 26.1 Å². The molecule has 0 aromatic heterocycles. The Morgan fingerprint density at radius 2 is 0.958 bits per heavy atom. The number of hydrogen-bond acceptors (Lipinski definition) is 2. The highest BCUT2D eigenvalue weighted by Gasteiger charge is 2.11. The van der Waals surface area contributed by atoms with Gasteiger partial charge >= 0.3 is 11.9 Å². The van der Waals surface area contributed by atoms with Gasteiger partial charge in [0, 0.05) is 6.42 Å². The fourth-order valence-corrected chi connectivity index (χ4v) is 3.28. The van der Waals surface area contributed by atoms with Gasteiger partial charge in [-0.15, -0.1) is 0 Å². The Bertz CT molecular complexity index is 320. The van der Waals surface area contributed by atoms with E-state index in [2.05, 4.69) is 0 Å². The van der Waals surface area contributed by atoms with E-state index in [1.807, 2.05) is 22.6 Å². The van der Waals surface area contributed by atoms with E-state index >= 15 is 0 Å². The monoisotopic (exact) mass is 454 g/mol. The average molecular weight is 454 g/mol. The first-order chi connectivity index (χ1) is 11.5. The number of halogens is 1. The van der Waals surface area contributed by atoms with Crippen LogP contribution in [0.25, 0.3) is 0 Å². The molecule has 0 aliphatic carbocycles. The first-order valence-electron chi connectivity index (χ1n) is 9.62. The summed E-state index contributed by atoms with van der Waals surface area (Å²) in [5, 5.41) is 17.3. The van der Waals surface area contributed by atoms with E-state index in [-0.39, 0.29) is 3.92 Å². The number of unbranched alkanes of at least 4 members (excludes halogenated alkanes) is 13. The molecule has 0 radical (unpaired) electrons. The molecule has 0 aliphatic heterocycles. The molecule has 0 aromatic carbocycles. The Morgan fingerprint density at radius 3 is 1.29 bits per heavy atom. The summed E-state index contributed by atoms with van der Waals surface area (Å²) < 4.78 is -0.222. The first-order valence-corrected chi connectivity index (χ1v) is 10.9. The Balaban J connectivity index is 3.08. The summed E-state index contributed by atoms with van der Waals surface area (Å²) >= 11 is 2.01. The van der Waals surface area contributed by atoms with Gasteiger partial charge in [0.2, 0.25) is 0 Å². The maximum atomic E-state index is 10.7. The Morgan fingerprint density at radius 1 is 0.625 bits per heavy atom. The number of carboxylic acids is 2. The predicted molar refractivity (Wildman–Crippen MR) is 107 cm³/mol. The summed E-state index contributed by atoms with van der Waals surface area (Å²) in [7, 11) is 0. The van der Waals surface area contributed by atoms with Crippen molar-refractivity contribution in [3.05, 3.63) is 0 Å². The molecule has 0 aromatic rings. The van der Waals surface area contributed by atoms with Gasteiger partial charge in [-0.2, -0.15) is 0 Å². The number of hydrogen-bond donors (Lipinski definition) is 2. The van der Waals surface area contributed by atoms with Crippen LogP contribution in [0, 0.1) is 0 Å². The van der Waals surface area contributed by atoms with E-state index in [4.69, 9.17) is 10.2 Å². The fourth-order valence-electron chi connectivity index (χ4n) is 2.84. The van der Waals surface area contributed by atoms with Crippen molar-refractivity contribution in [2.75, 3.05) is 0 Å². The van der Waals surface area contributed by atoms with E-state index in [1.165, 1.54) is 64.2 Å². The van der Waals surface area contributed by atoms with Crippen molar-refractivity contribution in [2.45, 2.75) is 107 Å². The molecule has 0 fully saturated rings. The van der Waals surface area contributed by atoms with Crippen LogP contribution >= 0.6 is 22.6 Å². The van der Waals surface area contributed by atoms with Crippen LogP contribution in [0.2, 0.25) is 0 Å². The van der Waals surface area contributed by atoms with Gasteiger partial charge in [-0.3, -0.25) is 9.59 Å². The van der Waals surface area contributed by atoms with Crippen molar-refractivity contribution in [1.29, 1.82) is 0 Å². The predicted octanol–water partition coefficient (Wildman–Crippen LogP) is 6.20. The van der Waals surface area contributed by atoms with Crippen molar-refractivity contribution in [3.63, 3.8) is 0 Å². The van der Waals surface area contributed by atoms with Crippen molar-refractivity contribution >= 4 is 34.5 Å². The lowest BCUT2D eigenvalue weighted by Gasteiger charge is -2.05. The summed E-state index contributed by atoms with van der Waals surface area (Å²) in [6.45, 7) is 0. The molecule has 0 rings (SSSR count). The summed E-state index contributed by atoms with van der Waals surface area (Å²) in [5.41, 5.74) is 0. The summed E-state index contributed by atoms with van der Waals surface area (Å²) in [4.78, 5) is 21.0.